The van der Waals surface area contributed by atoms with E-state index in [9.17, 15) is 14.4 Å². The number of esters is 1. The summed E-state index contributed by atoms with van der Waals surface area (Å²) in [4.78, 5) is 41.0. The molecule has 0 saturated heterocycles. The Bertz CT molecular complexity index is 1140. The molecule has 3 rings (SSSR count). The first-order chi connectivity index (χ1) is 14.4. The van der Waals surface area contributed by atoms with Gasteiger partial charge in [-0.15, -0.1) is 0 Å². The molecule has 0 unspecified atom stereocenters. The lowest BCUT2D eigenvalue weighted by Gasteiger charge is -2.10. The summed E-state index contributed by atoms with van der Waals surface area (Å²) in [7, 11) is 1.54. The van der Waals surface area contributed by atoms with Gasteiger partial charge in [-0.25, -0.2) is 14.5 Å². The molecule has 0 atom stereocenters. The largest absolute Gasteiger partial charge is 0.496 e. The molecule has 1 amide bonds. The van der Waals surface area contributed by atoms with Crippen molar-refractivity contribution < 1.29 is 19.1 Å². The van der Waals surface area contributed by atoms with Gasteiger partial charge in [0.25, 0.3) is 5.56 Å². The second-order valence-electron chi connectivity index (χ2n) is 6.12. The number of aryl methyl sites for hydroxylation is 1. The minimum Gasteiger partial charge on any atom is -0.496 e. The molecule has 0 radical (unpaired) electrons. The van der Waals surface area contributed by atoms with Crippen LogP contribution in [-0.2, 0) is 16.1 Å². The molecule has 3 aromatic rings. The molecule has 1 N–H and O–H groups in total. The van der Waals surface area contributed by atoms with Crippen LogP contribution in [0.25, 0.3) is 11.3 Å². The number of methoxy groups -OCH3 is 1. The van der Waals surface area contributed by atoms with Crippen LogP contribution in [0, 0.1) is 6.92 Å². The monoisotopic (exact) mass is 428 g/mol. The quantitative estimate of drug-likeness (QED) is 0.575. The predicted octanol–water partition coefficient (Wildman–Crippen LogP) is 2.50. The van der Waals surface area contributed by atoms with Crippen molar-refractivity contribution in [3.63, 3.8) is 0 Å². The Morgan fingerprint density at radius 2 is 1.97 bits per heavy atom. The van der Waals surface area contributed by atoms with E-state index in [1.165, 1.54) is 6.07 Å². The summed E-state index contributed by atoms with van der Waals surface area (Å²) in [5.74, 6) is -0.384. The second kappa shape index (κ2) is 9.31. The first-order valence-electron chi connectivity index (χ1n) is 9.09. The van der Waals surface area contributed by atoms with Crippen LogP contribution in [0.3, 0.4) is 0 Å². The Balaban J connectivity index is 1.78. The third-order valence-electron chi connectivity index (χ3n) is 4.05. The Hall–Kier alpha value is -3.53. The van der Waals surface area contributed by atoms with Gasteiger partial charge in [0.05, 0.1) is 25.1 Å². The molecule has 2 aromatic heterocycles. The first-order valence-corrected chi connectivity index (χ1v) is 9.90. The van der Waals surface area contributed by atoms with Gasteiger partial charge in [0.2, 0.25) is 5.91 Å². The van der Waals surface area contributed by atoms with E-state index < -0.39 is 17.4 Å². The molecule has 0 fully saturated rings. The van der Waals surface area contributed by atoms with Crippen LogP contribution in [0.15, 0.2) is 41.2 Å². The summed E-state index contributed by atoms with van der Waals surface area (Å²) < 4.78 is 11.4. The fourth-order valence-corrected chi connectivity index (χ4v) is 3.57. The SMILES string of the molecule is CCOC(=O)c1sc(NC(=O)Cn2nc(-c3ccccc3OC)ccc2=O)nc1C. The summed E-state index contributed by atoms with van der Waals surface area (Å²) in [6.45, 7) is 3.30. The van der Waals surface area contributed by atoms with E-state index in [1.54, 1.807) is 33.1 Å². The normalized spacial score (nSPS) is 10.5. The Morgan fingerprint density at radius 3 is 2.70 bits per heavy atom. The Labute approximate surface area is 176 Å². The molecule has 0 bridgehead atoms. The first kappa shape index (κ1) is 21.2. The van der Waals surface area contributed by atoms with Crippen LogP contribution >= 0.6 is 11.3 Å². The van der Waals surface area contributed by atoms with Crippen LogP contribution < -0.4 is 15.6 Å². The third-order valence-corrected chi connectivity index (χ3v) is 5.10. The number of thiazole rings is 1. The molecular weight excluding hydrogens is 408 g/mol. The van der Waals surface area contributed by atoms with Crippen LogP contribution in [0.5, 0.6) is 5.75 Å². The van der Waals surface area contributed by atoms with Crippen molar-refractivity contribution in [2.75, 3.05) is 19.0 Å². The fraction of sp³-hybridized carbons (Fsp3) is 0.250. The zero-order chi connectivity index (χ0) is 21.7. The topological polar surface area (TPSA) is 112 Å². The Morgan fingerprint density at radius 1 is 1.20 bits per heavy atom. The lowest BCUT2D eigenvalue weighted by Crippen LogP contribution is -2.29. The molecule has 2 heterocycles. The number of amides is 1. The molecular formula is C20H20N4O5S. The zero-order valence-electron chi connectivity index (χ0n) is 16.7. The summed E-state index contributed by atoms with van der Waals surface area (Å²) >= 11 is 1.01. The maximum atomic E-state index is 12.4. The highest BCUT2D eigenvalue weighted by Crippen LogP contribution is 2.27. The van der Waals surface area contributed by atoms with Crippen molar-refractivity contribution in [2.24, 2.45) is 0 Å². The van der Waals surface area contributed by atoms with Gasteiger partial charge in [-0.3, -0.25) is 9.59 Å². The van der Waals surface area contributed by atoms with Crippen molar-refractivity contribution in [2.45, 2.75) is 20.4 Å². The van der Waals surface area contributed by atoms with Crippen molar-refractivity contribution in [1.29, 1.82) is 0 Å². The molecule has 0 aliphatic heterocycles. The number of carbonyl (C=O) groups is 2. The van der Waals surface area contributed by atoms with Crippen molar-refractivity contribution >= 4 is 28.3 Å². The predicted molar refractivity (Wildman–Crippen MR) is 112 cm³/mol. The summed E-state index contributed by atoms with van der Waals surface area (Å²) in [5.41, 5.74) is 1.23. The number of carbonyl (C=O) groups excluding carboxylic acids is 2. The zero-order valence-corrected chi connectivity index (χ0v) is 17.5. The number of para-hydroxylation sites is 1. The van der Waals surface area contributed by atoms with E-state index in [0.29, 0.717) is 27.6 Å². The summed E-state index contributed by atoms with van der Waals surface area (Å²) in [5, 5.41) is 7.12. The summed E-state index contributed by atoms with van der Waals surface area (Å²) in [6.07, 6.45) is 0. The highest BCUT2D eigenvalue weighted by molar-refractivity contribution is 7.17. The number of hydrogen-bond donors (Lipinski definition) is 1. The number of aromatic nitrogens is 3. The average molecular weight is 428 g/mol. The number of ether oxygens (including phenoxy) is 2. The van der Waals surface area contributed by atoms with Gasteiger partial charge < -0.3 is 14.8 Å². The van der Waals surface area contributed by atoms with Crippen LogP contribution in [0.1, 0.15) is 22.3 Å². The molecule has 0 aliphatic carbocycles. The maximum Gasteiger partial charge on any atom is 0.350 e. The van der Waals surface area contributed by atoms with Gasteiger partial charge in [-0.05, 0) is 32.0 Å². The van der Waals surface area contributed by atoms with Crippen LogP contribution in [-0.4, -0.2) is 40.4 Å². The number of hydrogen-bond acceptors (Lipinski definition) is 8. The number of anilines is 1. The number of benzene rings is 1. The van der Waals surface area contributed by atoms with E-state index in [-0.39, 0.29) is 18.3 Å². The van der Waals surface area contributed by atoms with Crippen LogP contribution in [0.2, 0.25) is 0 Å². The van der Waals surface area contributed by atoms with E-state index in [2.05, 4.69) is 15.4 Å². The standard InChI is InChI=1S/C20H20N4O5S/c1-4-29-19(27)18-12(2)21-20(30-18)22-16(25)11-24-17(26)10-9-14(23-24)13-7-5-6-8-15(13)28-3/h5-10H,4,11H2,1-3H3,(H,21,22,25). The molecule has 1 aromatic carbocycles. The molecule has 10 heteroatoms. The lowest BCUT2D eigenvalue weighted by atomic mass is 10.1. The van der Waals surface area contributed by atoms with Crippen molar-refractivity contribution in [3.05, 3.63) is 57.3 Å². The maximum absolute atomic E-state index is 12.4. The fourth-order valence-electron chi connectivity index (χ4n) is 2.69. The second-order valence-corrected chi connectivity index (χ2v) is 7.12. The smallest absolute Gasteiger partial charge is 0.350 e. The summed E-state index contributed by atoms with van der Waals surface area (Å²) in [6, 6.07) is 10.2. The van der Waals surface area contributed by atoms with Crippen molar-refractivity contribution in [3.8, 4) is 17.0 Å². The van der Waals surface area contributed by atoms with Gasteiger partial charge in [-0.2, -0.15) is 5.10 Å². The molecule has 9 nitrogen and oxygen atoms in total. The van der Waals surface area contributed by atoms with E-state index in [1.807, 2.05) is 18.2 Å². The molecule has 0 saturated carbocycles. The third kappa shape index (κ3) is 4.71. The van der Waals surface area contributed by atoms with E-state index in [0.717, 1.165) is 16.0 Å². The van der Waals surface area contributed by atoms with Gasteiger partial charge >= 0.3 is 5.97 Å². The van der Waals surface area contributed by atoms with E-state index in [4.69, 9.17) is 9.47 Å². The number of rotatable bonds is 7. The highest BCUT2D eigenvalue weighted by Gasteiger charge is 2.18. The Kier molecular flexibility index (Phi) is 6.58. The number of nitrogens with zero attached hydrogens (tertiary/aromatic N) is 3. The molecule has 156 valence electrons. The minimum atomic E-state index is -0.495. The van der Waals surface area contributed by atoms with Gasteiger partial charge in [0.1, 0.15) is 17.2 Å². The average Bonchev–Trinajstić information content (AvgIpc) is 3.09. The minimum absolute atomic E-state index is 0.245. The highest BCUT2D eigenvalue weighted by atomic mass is 32.1. The molecule has 0 aliphatic rings. The number of nitrogens with one attached hydrogen (secondary N) is 1. The molecule has 30 heavy (non-hydrogen) atoms. The lowest BCUT2D eigenvalue weighted by molar-refractivity contribution is -0.117. The van der Waals surface area contributed by atoms with Crippen molar-refractivity contribution in [1.82, 2.24) is 14.8 Å². The van der Waals surface area contributed by atoms with Gasteiger partial charge in [0.15, 0.2) is 5.13 Å². The molecule has 0 spiro atoms. The van der Waals surface area contributed by atoms with E-state index >= 15 is 0 Å². The van der Waals surface area contributed by atoms with Crippen LogP contribution in [0.4, 0.5) is 5.13 Å². The van der Waals surface area contributed by atoms with Gasteiger partial charge in [-0.1, -0.05) is 23.5 Å². The van der Waals surface area contributed by atoms with Gasteiger partial charge in [0, 0.05) is 11.6 Å².